The summed E-state index contributed by atoms with van der Waals surface area (Å²) < 4.78 is 52.7. The van der Waals surface area contributed by atoms with E-state index in [1.807, 2.05) is 0 Å². The van der Waals surface area contributed by atoms with Gasteiger partial charge < -0.3 is 4.90 Å². The second kappa shape index (κ2) is 7.48. The van der Waals surface area contributed by atoms with Gasteiger partial charge in [0, 0.05) is 19.2 Å². The Hall–Kier alpha value is -1.05. The molecule has 22 heavy (non-hydrogen) atoms. The van der Waals surface area contributed by atoms with Crippen LogP contribution >= 0.6 is 0 Å². The van der Waals surface area contributed by atoms with Gasteiger partial charge in [-0.2, -0.15) is 0 Å². The molecule has 1 unspecified atom stereocenters. The minimum absolute atomic E-state index is 0.240. The monoisotopic (exact) mass is 332 g/mol. The first-order valence-electron chi connectivity index (χ1n) is 7.55. The van der Waals surface area contributed by atoms with Crippen LogP contribution in [0.1, 0.15) is 26.2 Å². The molecule has 1 aliphatic heterocycles. The number of nitrogens with zero attached hydrogens (tertiary/aromatic N) is 1. The molecular formula is C15H22F2N2O2S. The highest BCUT2D eigenvalue weighted by Crippen LogP contribution is 2.16. The summed E-state index contributed by atoms with van der Waals surface area (Å²) in [6.45, 7) is 5.36. The number of hydrogen-bond acceptors (Lipinski definition) is 3. The molecule has 0 bridgehead atoms. The number of halogens is 2. The van der Waals surface area contributed by atoms with E-state index in [1.54, 1.807) is 0 Å². The number of rotatable bonds is 6. The molecule has 7 heteroatoms. The molecule has 124 valence electrons. The Morgan fingerprint density at radius 1 is 1.36 bits per heavy atom. The zero-order valence-corrected chi connectivity index (χ0v) is 13.5. The predicted octanol–water partition coefficient (Wildman–Crippen LogP) is 2.37. The van der Waals surface area contributed by atoms with E-state index in [1.165, 1.54) is 12.8 Å². The van der Waals surface area contributed by atoms with E-state index in [0.717, 1.165) is 31.8 Å². The molecule has 1 N–H and O–H groups in total. The summed E-state index contributed by atoms with van der Waals surface area (Å²) in [7, 11) is -3.93. The van der Waals surface area contributed by atoms with Gasteiger partial charge in [0.05, 0.1) is 0 Å². The number of piperidine rings is 1. The number of benzene rings is 1. The zero-order valence-electron chi connectivity index (χ0n) is 12.7. The third-order valence-electron chi connectivity index (χ3n) is 3.87. The Kier molecular flexibility index (Phi) is 5.88. The van der Waals surface area contributed by atoms with Crippen LogP contribution in [0.4, 0.5) is 8.78 Å². The van der Waals surface area contributed by atoms with Crippen molar-refractivity contribution in [3.05, 3.63) is 29.8 Å². The summed E-state index contributed by atoms with van der Waals surface area (Å²) >= 11 is 0. The molecule has 0 amide bonds. The Morgan fingerprint density at radius 2 is 2.14 bits per heavy atom. The van der Waals surface area contributed by atoms with Crippen LogP contribution in [-0.4, -0.2) is 39.5 Å². The Morgan fingerprint density at radius 3 is 2.82 bits per heavy atom. The van der Waals surface area contributed by atoms with Gasteiger partial charge in [-0.05, 0) is 50.4 Å². The molecule has 0 aromatic heterocycles. The zero-order chi connectivity index (χ0) is 16.2. The third-order valence-corrected chi connectivity index (χ3v) is 5.36. The van der Waals surface area contributed by atoms with E-state index >= 15 is 0 Å². The molecule has 1 aromatic carbocycles. The van der Waals surface area contributed by atoms with Crippen LogP contribution in [-0.2, 0) is 10.0 Å². The van der Waals surface area contributed by atoms with Crippen LogP contribution in [0.25, 0.3) is 0 Å². The Labute approximate surface area is 130 Å². The summed E-state index contributed by atoms with van der Waals surface area (Å²) in [6, 6.07) is 2.45. The standard InChI is InChI=1S/C15H22F2N2O2S/c1-12-4-2-8-19(11-12)9-3-7-18-22(20,21)15-6-5-13(16)10-14(15)17/h5-6,10,12,18H,2-4,7-9,11H2,1H3. The molecule has 1 heterocycles. The second-order valence-corrected chi connectivity index (χ2v) is 7.61. The fourth-order valence-corrected chi connectivity index (χ4v) is 3.90. The van der Waals surface area contributed by atoms with Crippen LogP contribution in [0.3, 0.4) is 0 Å². The average Bonchev–Trinajstić information content (AvgIpc) is 2.43. The van der Waals surface area contributed by atoms with E-state index in [4.69, 9.17) is 0 Å². The number of likely N-dealkylation sites (tertiary alicyclic amines) is 1. The lowest BCUT2D eigenvalue weighted by Gasteiger charge is -2.30. The molecule has 1 aromatic rings. The highest BCUT2D eigenvalue weighted by Gasteiger charge is 2.20. The van der Waals surface area contributed by atoms with Crippen molar-refractivity contribution in [1.82, 2.24) is 9.62 Å². The van der Waals surface area contributed by atoms with Crippen molar-refractivity contribution >= 4 is 10.0 Å². The molecule has 1 saturated heterocycles. The first kappa shape index (κ1) is 17.3. The van der Waals surface area contributed by atoms with Gasteiger partial charge in [0.2, 0.25) is 10.0 Å². The van der Waals surface area contributed by atoms with E-state index < -0.39 is 26.6 Å². The van der Waals surface area contributed by atoms with Crippen molar-refractivity contribution in [2.45, 2.75) is 31.1 Å². The number of nitrogens with one attached hydrogen (secondary N) is 1. The average molecular weight is 332 g/mol. The van der Waals surface area contributed by atoms with Crippen molar-refractivity contribution < 1.29 is 17.2 Å². The fraction of sp³-hybridized carbons (Fsp3) is 0.600. The van der Waals surface area contributed by atoms with Gasteiger partial charge in [0.15, 0.2) is 0 Å². The van der Waals surface area contributed by atoms with E-state index in [2.05, 4.69) is 16.5 Å². The van der Waals surface area contributed by atoms with Gasteiger partial charge in [0.1, 0.15) is 16.5 Å². The molecular weight excluding hydrogens is 310 g/mol. The Bertz CT molecular complexity index is 608. The highest BCUT2D eigenvalue weighted by molar-refractivity contribution is 7.89. The number of hydrogen-bond donors (Lipinski definition) is 1. The maximum atomic E-state index is 13.5. The predicted molar refractivity (Wildman–Crippen MR) is 81.0 cm³/mol. The normalized spacial score (nSPS) is 20.2. The van der Waals surface area contributed by atoms with Gasteiger partial charge in [-0.1, -0.05) is 6.92 Å². The molecule has 1 atom stereocenters. The van der Waals surface area contributed by atoms with E-state index in [-0.39, 0.29) is 6.54 Å². The van der Waals surface area contributed by atoms with Crippen molar-refractivity contribution in [2.75, 3.05) is 26.2 Å². The largest absolute Gasteiger partial charge is 0.303 e. The molecule has 2 rings (SSSR count). The van der Waals surface area contributed by atoms with Crippen molar-refractivity contribution in [1.29, 1.82) is 0 Å². The highest BCUT2D eigenvalue weighted by atomic mass is 32.2. The third kappa shape index (κ3) is 4.72. The Balaban J connectivity index is 1.82. The maximum Gasteiger partial charge on any atom is 0.243 e. The van der Waals surface area contributed by atoms with Crippen molar-refractivity contribution in [2.24, 2.45) is 5.92 Å². The van der Waals surface area contributed by atoms with Gasteiger partial charge in [-0.3, -0.25) is 0 Å². The first-order chi connectivity index (χ1) is 10.4. The van der Waals surface area contributed by atoms with Crippen LogP contribution < -0.4 is 4.72 Å². The maximum absolute atomic E-state index is 13.5. The van der Waals surface area contributed by atoms with Crippen LogP contribution in [0, 0.1) is 17.6 Å². The van der Waals surface area contributed by atoms with Gasteiger partial charge in [-0.15, -0.1) is 0 Å². The summed E-state index contributed by atoms with van der Waals surface area (Å²) in [4.78, 5) is 1.81. The lowest BCUT2D eigenvalue weighted by molar-refractivity contribution is 0.182. The van der Waals surface area contributed by atoms with Crippen LogP contribution in [0.15, 0.2) is 23.1 Å². The summed E-state index contributed by atoms with van der Waals surface area (Å²) in [5.74, 6) is -1.19. The number of sulfonamides is 1. The molecule has 0 spiro atoms. The summed E-state index contributed by atoms with van der Waals surface area (Å²) in [6.07, 6.45) is 3.08. The van der Waals surface area contributed by atoms with E-state index in [9.17, 15) is 17.2 Å². The smallest absolute Gasteiger partial charge is 0.243 e. The van der Waals surface area contributed by atoms with E-state index in [0.29, 0.717) is 18.4 Å². The molecule has 1 fully saturated rings. The van der Waals surface area contributed by atoms with Gasteiger partial charge >= 0.3 is 0 Å². The van der Waals surface area contributed by atoms with Crippen molar-refractivity contribution in [3.63, 3.8) is 0 Å². The molecule has 0 saturated carbocycles. The van der Waals surface area contributed by atoms with Crippen LogP contribution in [0.2, 0.25) is 0 Å². The fourth-order valence-electron chi connectivity index (χ4n) is 2.77. The first-order valence-corrected chi connectivity index (χ1v) is 9.04. The lowest BCUT2D eigenvalue weighted by Crippen LogP contribution is -2.36. The van der Waals surface area contributed by atoms with Gasteiger partial charge in [0.25, 0.3) is 0 Å². The SMILES string of the molecule is CC1CCCN(CCCNS(=O)(=O)c2ccc(F)cc2F)C1. The lowest BCUT2D eigenvalue weighted by atomic mass is 10.0. The second-order valence-electron chi connectivity index (χ2n) is 5.87. The van der Waals surface area contributed by atoms with Crippen molar-refractivity contribution in [3.8, 4) is 0 Å². The molecule has 0 radical (unpaired) electrons. The molecule has 1 aliphatic rings. The van der Waals surface area contributed by atoms with Crippen LogP contribution in [0.5, 0.6) is 0 Å². The molecule has 4 nitrogen and oxygen atoms in total. The summed E-state index contributed by atoms with van der Waals surface area (Å²) in [5, 5.41) is 0. The minimum Gasteiger partial charge on any atom is -0.303 e. The topological polar surface area (TPSA) is 49.4 Å². The minimum atomic E-state index is -3.93. The quantitative estimate of drug-likeness (QED) is 0.814. The summed E-state index contributed by atoms with van der Waals surface area (Å²) in [5.41, 5.74) is 0. The van der Waals surface area contributed by atoms with Gasteiger partial charge in [-0.25, -0.2) is 21.9 Å². The molecule has 0 aliphatic carbocycles.